The third-order valence-corrected chi connectivity index (χ3v) is 7.34. The predicted molar refractivity (Wildman–Crippen MR) is 120 cm³/mol. The highest BCUT2D eigenvalue weighted by atomic mass is 32.2. The van der Waals surface area contributed by atoms with E-state index in [2.05, 4.69) is 44.4 Å². The number of aromatic nitrogens is 1. The molecule has 1 aromatic carbocycles. The van der Waals surface area contributed by atoms with Gasteiger partial charge in [-0.1, -0.05) is 36.4 Å². The summed E-state index contributed by atoms with van der Waals surface area (Å²) in [6.07, 6.45) is -2.34. The van der Waals surface area contributed by atoms with E-state index >= 15 is 0 Å². The summed E-state index contributed by atoms with van der Waals surface area (Å²) in [6.45, 7) is 5.56. The third kappa shape index (κ3) is 5.73. The van der Waals surface area contributed by atoms with Crippen LogP contribution in [0.25, 0.3) is 0 Å². The molecule has 168 valence electrons. The van der Waals surface area contributed by atoms with Gasteiger partial charge in [0.25, 0.3) is 0 Å². The summed E-state index contributed by atoms with van der Waals surface area (Å²) in [7, 11) is 0. The minimum absolute atomic E-state index is 0.0278. The number of halogens is 3. The van der Waals surface area contributed by atoms with Crippen molar-refractivity contribution in [3.8, 4) is 0 Å². The highest BCUT2D eigenvalue weighted by Crippen LogP contribution is 2.34. The zero-order valence-electron chi connectivity index (χ0n) is 17.6. The lowest BCUT2D eigenvalue weighted by Gasteiger charge is -2.50. The van der Waals surface area contributed by atoms with Crippen molar-refractivity contribution < 1.29 is 13.2 Å². The first-order valence-corrected chi connectivity index (χ1v) is 12.0. The number of hydrogen-bond donors (Lipinski definition) is 1. The van der Waals surface area contributed by atoms with Crippen LogP contribution in [0.15, 0.2) is 48.5 Å². The monoisotopic (exact) mass is 450 g/mol. The number of alkyl halides is 3. The van der Waals surface area contributed by atoms with Gasteiger partial charge < -0.3 is 5.32 Å². The molecular weight excluding hydrogens is 421 g/mol. The fraction of sp³-hybridized carbons (Fsp3) is 0.522. The van der Waals surface area contributed by atoms with Crippen LogP contribution in [-0.4, -0.2) is 64.6 Å². The first-order valence-electron chi connectivity index (χ1n) is 10.8. The Morgan fingerprint density at radius 2 is 1.65 bits per heavy atom. The summed E-state index contributed by atoms with van der Waals surface area (Å²) in [5.74, 6) is 2.47. The smallest absolute Gasteiger partial charge is 0.368 e. The van der Waals surface area contributed by atoms with Gasteiger partial charge in [0.05, 0.1) is 0 Å². The average Bonchev–Trinajstić information content (AvgIpc) is 2.79. The molecule has 31 heavy (non-hydrogen) atoms. The minimum Gasteiger partial charge on any atom is -0.368 e. The molecule has 0 saturated carbocycles. The normalized spacial score (nSPS) is 20.5. The van der Waals surface area contributed by atoms with E-state index in [0.29, 0.717) is 12.4 Å². The number of rotatable bonds is 6. The fourth-order valence-electron chi connectivity index (χ4n) is 4.52. The topological polar surface area (TPSA) is 31.4 Å². The zero-order valence-corrected chi connectivity index (χ0v) is 18.4. The van der Waals surface area contributed by atoms with E-state index in [4.69, 9.17) is 0 Å². The van der Waals surface area contributed by atoms with Gasteiger partial charge in [-0.25, -0.2) is 4.98 Å². The van der Waals surface area contributed by atoms with E-state index in [1.807, 2.05) is 17.8 Å². The molecule has 4 rings (SSSR count). The lowest BCUT2D eigenvalue weighted by molar-refractivity contribution is -0.141. The molecule has 0 amide bonds. The minimum atomic E-state index is -4.42. The van der Waals surface area contributed by atoms with Crippen molar-refractivity contribution in [2.24, 2.45) is 0 Å². The summed E-state index contributed by atoms with van der Waals surface area (Å²) < 4.78 is 39.0. The first-order chi connectivity index (χ1) is 14.9. The molecule has 3 heterocycles. The van der Waals surface area contributed by atoms with E-state index in [9.17, 15) is 13.2 Å². The zero-order chi connectivity index (χ0) is 21.7. The van der Waals surface area contributed by atoms with Crippen LogP contribution in [0.2, 0.25) is 0 Å². The number of nitrogens with one attached hydrogen (secondary N) is 1. The van der Waals surface area contributed by atoms with Gasteiger partial charge in [0.1, 0.15) is 11.5 Å². The van der Waals surface area contributed by atoms with Crippen molar-refractivity contribution in [3.63, 3.8) is 0 Å². The van der Waals surface area contributed by atoms with Crippen molar-refractivity contribution in [2.75, 3.05) is 49.5 Å². The molecule has 2 aromatic rings. The van der Waals surface area contributed by atoms with Gasteiger partial charge in [-0.2, -0.15) is 24.9 Å². The van der Waals surface area contributed by atoms with Gasteiger partial charge in [0.15, 0.2) is 0 Å². The molecule has 0 radical (unpaired) electrons. The van der Waals surface area contributed by atoms with Crippen LogP contribution in [0.3, 0.4) is 0 Å². The Balaban J connectivity index is 1.39. The van der Waals surface area contributed by atoms with Crippen molar-refractivity contribution in [1.29, 1.82) is 0 Å². The van der Waals surface area contributed by atoms with Gasteiger partial charge in [-0.15, -0.1) is 0 Å². The average molecular weight is 451 g/mol. The Hall–Kier alpha value is -1.77. The molecule has 0 unspecified atom stereocenters. The number of hydrogen-bond acceptors (Lipinski definition) is 5. The second kappa shape index (κ2) is 9.79. The maximum absolute atomic E-state index is 13.0. The number of pyridine rings is 1. The molecule has 0 aliphatic carbocycles. The molecule has 2 aliphatic rings. The number of thioether (sulfide) groups is 1. The lowest BCUT2D eigenvalue weighted by Crippen LogP contribution is -2.61. The molecule has 2 aliphatic heterocycles. The molecule has 0 spiro atoms. The second-order valence-corrected chi connectivity index (χ2v) is 9.57. The molecule has 1 N–H and O–H groups in total. The van der Waals surface area contributed by atoms with Gasteiger partial charge in [0.2, 0.25) is 0 Å². The van der Waals surface area contributed by atoms with Crippen molar-refractivity contribution in [1.82, 2.24) is 14.8 Å². The van der Waals surface area contributed by atoms with Crippen LogP contribution in [-0.2, 0) is 12.7 Å². The van der Waals surface area contributed by atoms with E-state index in [1.54, 1.807) is 6.07 Å². The van der Waals surface area contributed by atoms with Crippen LogP contribution < -0.4 is 5.32 Å². The van der Waals surface area contributed by atoms with Crippen LogP contribution >= 0.6 is 11.8 Å². The number of nitrogens with zero attached hydrogens (tertiary/aromatic N) is 3. The van der Waals surface area contributed by atoms with Gasteiger partial charge in [0, 0.05) is 44.8 Å². The first kappa shape index (κ1) is 22.4. The Kier molecular flexibility index (Phi) is 7.08. The van der Waals surface area contributed by atoms with Crippen molar-refractivity contribution in [3.05, 3.63) is 59.8 Å². The Morgan fingerprint density at radius 1 is 0.935 bits per heavy atom. The van der Waals surface area contributed by atoms with Crippen LogP contribution in [0.5, 0.6) is 0 Å². The summed E-state index contributed by atoms with van der Waals surface area (Å²) >= 11 is 1.96. The van der Waals surface area contributed by atoms with Crippen LogP contribution in [0, 0.1) is 0 Å². The number of benzene rings is 1. The summed E-state index contributed by atoms with van der Waals surface area (Å²) in [4.78, 5) is 8.84. The summed E-state index contributed by atoms with van der Waals surface area (Å²) in [5, 5.41) is 3.24. The van der Waals surface area contributed by atoms with Crippen molar-refractivity contribution >= 4 is 17.6 Å². The Labute approximate surface area is 186 Å². The number of anilines is 1. The molecule has 1 aromatic heterocycles. The second-order valence-electron chi connectivity index (χ2n) is 8.34. The number of piperazine rings is 1. The van der Waals surface area contributed by atoms with Crippen LogP contribution in [0.4, 0.5) is 19.0 Å². The van der Waals surface area contributed by atoms with Crippen LogP contribution in [0.1, 0.15) is 24.1 Å². The molecule has 0 atom stereocenters. The molecule has 2 fully saturated rings. The lowest BCUT2D eigenvalue weighted by atomic mass is 9.89. The van der Waals surface area contributed by atoms with Gasteiger partial charge in [-0.3, -0.25) is 9.80 Å². The Bertz CT molecular complexity index is 832. The van der Waals surface area contributed by atoms with Crippen molar-refractivity contribution in [2.45, 2.75) is 31.1 Å². The highest BCUT2D eigenvalue weighted by molar-refractivity contribution is 7.99. The fourth-order valence-corrected chi connectivity index (χ4v) is 5.78. The highest BCUT2D eigenvalue weighted by Gasteiger charge is 2.39. The summed E-state index contributed by atoms with van der Waals surface area (Å²) in [5.41, 5.74) is 0.456. The summed E-state index contributed by atoms with van der Waals surface area (Å²) in [6, 6.07) is 14.6. The molecule has 8 heteroatoms. The molecule has 0 bridgehead atoms. The maximum Gasteiger partial charge on any atom is 0.433 e. The third-order valence-electron chi connectivity index (χ3n) is 6.35. The van der Waals surface area contributed by atoms with E-state index < -0.39 is 11.9 Å². The standard InChI is InChI=1S/C23H29F3N4S/c24-23(25,26)20-7-4-8-21(28-20)27-18-22(9-15-31-16-10-22)30-13-11-29(12-14-30)17-19-5-2-1-3-6-19/h1-8H,9-18H2,(H,27,28). The SMILES string of the molecule is FC(F)(F)c1cccc(NCC2(N3CCN(Cc4ccccc4)CC3)CCSCC2)n1. The maximum atomic E-state index is 13.0. The molecule has 2 saturated heterocycles. The van der Waals surface area contributed by atoms with Gasteiger partial charge in [-0.05, 0) is 42.0 Å². The Morgan fingerprint density at radius 3 is 2.32 bits per heavy atom. The molecular formula is C23H29F3N4S. The van der Waals surface area contributed by atoms with E-state index in [-0.39, 0.29) is 5.54 Å². The largest absolute Gasteiger partial charge is 0.433 e. The quantitative estimate of drug-likeness (QED) is 0.696. The molecule has 4 nitrogen and oxygen atoms in total. The van der Waals surface area contributed by atoms with Gasteiger partial charge >= 0.3 is 6.18 Å². The predicted octanol–water partition coefficient (Wildman–Crippen LogP) is 4.60. The van der Waals surface area contributed by atoms with E-state index in [0.717, 1.165) is 63.1 Å². The van der Waals surface area contributed by atoms with E-state index in [1.165, 1.54) is 11.6 Å².